The van der Waals surface area contributed by atoms with Gasteiger partial charge >= 0.3 is 0 Å². The van der Waals surface area contributed by atoms with Crippen LogP contribution in [0.15, 0.2) is 16.5 Å². The van der Waals surface area contributed by atoms with Crippen LogP contribution in [0, 0.1) is 0 Å². The second kappa shape index (κ2) is 6.01. The summed E-state index contributed by atoms with van der Waals surface area (Å²) in [5.74, 6) is 1.12. The fourth-order valence-electron chi connectivity index (χ4n) is 1.82. The van der Waals surface area contributed by atoms with Crippen LogP contribution in [0.4, 0.5) is 0 Å². The summed E-state index contributed by atoms with van der Waals surface area (Å²) in [5, 5.41) is 0. The average molecular weight is 240 g/mol. The molecule has 0 saturated heterocycles. The van der Waals surface area contributed by atoms with E-state index >= 15 is 0 Å². The molecule has 1 rings (SSSR count). The molecule has 1 aromatic rings. The monoisotopic (exact) mass is 240 g/mol. The van der Waals surface area contributed by atoms with E-state index in [-0.39, 0.29) is 0 Å². The Morgan fingerprint density at radius 2 is 1.88 bits per heavy atom. The van der Waals surface area contributed by atoms with E-state index < -0.39 is 8.32 Å². The van der Waals surface area contributed by atoms with Crippen LogP contribution in [0.3, 0.4) is 0 Å². The fraction of sp³-hybridized carbons (Fsp3) is 0.583. The number of aldehydes is 1. The van der Waals surface area contributed by atoms with Crippen molar-refractivity contribution in [3.05, 3.63) is 23.7 Å². The van der Waals surface area contributed by atoms with E-state index in [9.17, 15) is 4.79 Å². The van der Waals surface area contributed by atoms with Gasteiger partial charge in [-0.15, -0.1) is 0 Å². The van der Waals surface area contributed by atoms with Crippen molar-refractivity contribution >= 4 is 14.6 Å². The van der Waals surface area contributed by atoms with Crippen LogP contribution in [0.2, 0.25) is 18.1 Å². The Morgan fingerprint density at radius 1 is 1.25 bits per heavy atom. The van der Waals surface area contributed by atoms with Crippen molar-refractivity contribution in [1.82, 2.24) is 0 Å². The lowest BCUT2D eigenvalue weighted by Crippen LogP contribution is -2.35. The van der Waals surface area contributed by atoms with Gasteiger partial charge in [-0.25, -0.2) is 0 Å². The number of carbonyl (C=O) groups excluding carboxylic acids is 1. The van der Waals surface area contributed by atoms with Gasteiger partial charge in [-0.05, 0) is 30.3 Å². The van der Waals surface area contributed by atoms with Crippen LogP contribution in [-0.2, 0) is 11.0 Å². The van der Waals surface area contributed by atoms with E-state index in [1.165, 1.54) is 0 Å². The predicted molar refractivity (Wildman–Crippen MR) is 66.1 cm³/mol. The first-order chi connectivity index (χ1) is 7.69. The number of carbonyl (C=O) groups is 1. The van der Waals surface area contributed by atoms with Crippen molar-refractivity contribution in [2.45, 2.75) is 45.5 Å². The van der Waals surface area contributed by atoms with E-state index in [4.69, 9.17) is 8.84 Å². The first-order valence-electron chi connectivity index (χ1n) is 5.87. The SMILES string of the molecule is CC[Si](CC)(CC)OCc1ccc(C=O)o1. The largest absolute Gasteiger partial charge is 0.456 e. The highest BCUT2D eigenvalue weighted by Gasteiger charge is 2.28. The predicted octanol–water partition coefficient (Wildman–Crippen LogP) is 3.61. The van der Waals surface area contributed by atoms with Crippen molar-refractivity contribution in [2.24, 2.45) is 0 Å². The number of hydrogen-bond acceptors (Lipinski definition) is 3. The minimum Gasteiger partial charge on any atom is -0.456 e. The van der Waals surface area contributed by atoms with Crippen LogP contribution in [0.25, 0.3) is 0 Å². The molecule has 3 nitrogen and oxygen atoms in total. The lowest BCUT2D eigenvalue weighted by Gasteiger charge is -2.27. The summed E-state index contributed by atoms with van der Waals surface area (Å²) in [7, 11) is -1.55. The summed E-state index contributed by atoms with van der Waals surface area (Å²) in [6.07, 6.45) is 0.716. The Labute approximate surface area is 97.9 Å². The van der Waals surface area contributed by atoms with Crippen LogP contribution in [0.1, 0.15) is 37.1 Å². The minimum absolute atomic E-state index is 0.371. The molecule has 0 unspecified atom stereocenters. The van der Waals surface area contributed by atoms with Crippen LogP contribution < -0.4 is 0 Å². The van der Waals surface area contributed by atoms with Crippen molar-refractivity contribution < 1.29 is 13.6 Å². The fourth-order valence-corrected chi connectivity index (χ4v) is 4.38. The molecule has 4 heteroatoms. The standard InChI is InChI=1S/C12H20O3Si/c1-4-16(5-2,6-3)14-10-12-8-7-11(9-13)15-12/h7-9H,4-6,10H2,1-3H3. The number of furan rings is 1. The summed E-state index contributed by atoms with van der Waals surface area (Å²) < 4.78 is 11.3. The second-order valence-electron chi connectivity index (χ2n) is 3.95. The molecule has 0 aromatic carbocycles. The zero-order chi connectivity index (χ0) is 12.0. The van der Waals surface area contributed by atoms with E-state index in [2.05, 4.69) is 20.8 Å². The average Bonchev–Trinajstić information content (AvgIpc) is 2.80. The molecule has 0 fully saturated rings. The summed E-state index contributed by atoms with van der Waals surface area (Å²) in [5.41, 5.74) is 0. The maximum atomic E-state index is 10.5. The molecular weight excluding hydrogens is 220 g/mol. The Morgan fingerprint density at radius 3 is 2.31 bits per heavy atom. The third kappa shape index (κ3) is 3.06. The third-order valence-corrected chi connectivity index (χ3v) is 7.87. The van der Waals surface area contributed by atoms with Gasteiger partial charge in [-0.3, -0.25) is 4.79 Å². The quantitative estimate of drug-likeness (QED) is 0.540. The molecule has 1 aromatic heterocycles. The molecule has 0 aliphatic carbocycles. The normalized spacial score (nSPS) is 11.7. The number of hydrogen-bond donors (Lipinski definition) is 0. The van der Waals surface area contributed by atoms with Gasteiger partial charge in [-0.1, -0.05) is 20.8 Å². The molecule has 0 N–H and O–H groups in total. The zero-order valence-electron chi connectivity index (χ0n) is 10.3. The lowest BCUT2D eigenvalue weighted by atomic mass is 10.4. The summed E-state index contributed by atoms with van der Waals surface area (Å²) >= 11 is 0. The number of rotatable bonds is 7. The minimum atomic E-state index is -1.55. The van der Waals surface area contributed by atoms with Crippen molar-refractivity contribution in [2.75, 3.05) is 0 Å². The van der Waals surface area contributed by atoms with E-state index in [1.807, 2.05) is 6.07 Å². The van der Waals surface area contributed by atoms with E-state index in [0.717, 1.165) is 23.9 Å². The van der Waals surface area contributed by atoms with Gasteiger partial charge in [0, 0.05) is 0 Å². The summed E-state index contributed by atoms with van der Waals surface area (Å²) in [6, 6.07) is 6.87. The first kappa shape index (κ1) is 13.2. The van der Waals surface area contributed by atoms with Gasteiger partial charge in [0.05, 0.1) is 6.61 Å². The highest BCUT2D eigenvalue weighted by Crippen LogP contribution is 2.23. The highest BCUT2D eigenvalue weighted by atomic mass is 28.4. The first-order valence-corrected chi connectivity index (χ1v) is 8.40. The molecule has 0 saturated carbocycles. The molecule has 0 aliphatic heterocycles. The van der Waals surface area contributed by atoms with Crippen LogP contribution >= 0.6 is 0 Å². The molecule has 16 heavy (non-hydrogen) atoms. The molecule has 0 aliphatic rings. The van der Waals surface area contributed by atoms with E-state index in [0.29, 0.717) is 18.7 Å². The Balaban J connectivity index is 2.58. The summed E-state index contributed by atoms with van der Waals surface area (Å²) in [4.78, 5) is 10.5. The van der Waals surface area contributed by atoms with Crippen molar-refractivity contribution in [3.8, 4) is 0 Å². The zero-order valence-corrected chi connectivity index (χ0v) is 11.3. The summed E-state index contributed by atoms with van der Waals surface area (Å²) in [6.45, 7) is 7.07. The Bertz CT molecular complexity index is 320. The van der Waals surface area contributed by atoms with Crippen LogP contribution in [-0.4, -0.2) is 14.6 Å². The second-order valence-corrected chi connectivity index (χ2v) is 8.73. The smallest absolute Gasteiger partial charge is 0.192 e. The Kier molecular flexibility index (Phi) is 4.95. The van der Waals surface area contributed by atoms with Crippen molar-refractivity contribution in [1.29, 1.82) is 0 Å². The van der Waals surface area contributed by atoms with Gasteiger partial charge in [-0.2, -0.15) is 0 Å². The van der Waals surface area contributed by atoms with Crippen LogP contribution in [0.5, 0.6) is 0 Å². The Hall–Kier alpha value is -0.873. The van der Waals surface area contributed by atoms with Gasteiger partial charge in [0.25, 0.3) is 0 Å². The lowest BCUT2D eigenvalue weighted by molar-refractivity contribution is 0.109. The van der Waals surface area contributed by atoms with Gasteiger partial charge in [0.15, 0.2) is 20.4 Å². The molecule has 90 valence electrons. The molecule has 0 atom stereocenters. The van der Waals surface area contributed by atoms with Crippen molar-refractivity contribution in [3.63, 3.8) is 0 Å². The third-order valence-electron chi connectivity index (χ3n) is 3.25. The highest BCUT2D eigenvalue weighted by molar-refractivity contribution is 6.73. The van der Waals surface area contributed by atoms with Gasteiger partial charge in [0.2, 0.25) is 0 Å². The topological polar surface area (TPSA) is 39.4 Å². The molecule has 0 radical (unpaired) electrons. The molecule has 0 spiro atoms. The molecule has 0 amide bonds. The molecule has 0 bridgehead atoms. The maximum absolute atomic E-state index is 10.5. The van der Waals surface area contributed by atoms with Gasteiger partial charge in [0.1, 0.15) is 5.76 Å². The van der Waals surface area contributed by atoms with E-state index in [1.54, 1.807) is 6.07 Å². The molecule has 1 heterocycles. The van der Waals surface area contributed by atoms with Gasteiger partial charge < -0.3 is 8.84 Å². The maximum Gasteiger partial charge on any atom is 0.192 e. The molecular formula is C12H20O3Si.